The Hall–Kier alpha value is -2.82. The number of rotatable bonds is 4. The molecule has 4 nitrogen and oxygen atoms in total. The Labute approximate surface area is 158 Å². The van der Waals surface area contributed by atoms with Gasteiger partial charge in [-0.25, -0.2) is 4.68 Å². The number of anilines is 1. The number of halogens is 6. The number of thiophene rings is 1. The number of amides is 1. The lowest BCUT2D eigenvalue weighted by atomic mass is 10.2. The molecule has 148 valence electrons. The molecule has 2 heterocycles. The molecule has 0 aliphatic carbocycles. The molecule has 0 atom stereocenters. The van der Waals surface area contributed by atoms with Crippen LogP contribution in [0.2, 0.25) is 0 Å². The van der Waals surface area contributed by atoms with Crippen molar-refractivity contribution in [3.8, 4) is 5.69 Å². The Kier molecular flexibility index (Phi) is 5.20. The number of benzene rings is 1. The van der Waals surface area contributed by atoms with Crippen molar-refractivity contribution in [2.45, 2.75) is 18.8 Å². The highest BCUT2D eigenvalue weighted by Gasteiger charge is 2.42. The van der Waals surface area contributed by atoms with Gasteiger partial charge in [0.05, 0.1) is 12.1 Å². The summed E-state index contributed by atoms with van der Waals surface area (Å²) in [6.45, 7) is 0. The Morgan fingerprint density at radius 3 is 2.25 bits per heavy atom. The van der Waals surface area contributed by atoms with E-state index in [0.29, 0.717) is 5.69 Å². The molecule has 0 saturated heterocycles. The molecule has 0 bridgehead atoms. The second-order valence-electron chi connectivity index (χ2n) is 5.73. The van der Waals surface area contributed by atoms with Crippen molar-refractivity contribution in [1.82, 2.24) is 9.78 Å². The Morgan fingerprint density at radius 2 is 1.71 bits per heavy atom. The second-order valence-corrected chi connectivity index (χ2v) is 6.51. The van der Waals surface area contributed by atoms with Gasteiger partial charge in [0.2, 0.25) is 5.91 Å². The molecule has 1 amide bonds. The topological polar surface area (TPSA) is 46.9 Å². The molecule has 0 aliphatic heterocycles. The van der Waals surface area contributed by atoms with Crippen LogP contribution in [0.1, 0.15) is 17.0 Å². The molecule has 11 heteroatoms. The zero-order valence-electron chi connectivity index (χ0n) is 13.8. The van der Waals surface area contributed by atoms with Gasteiger partial charge in [-0.1, -0.05) is 0 Å². The number of nitrogens with one attached hydrogen (secondary N) is 1. The van der Waals surface area contributed by atoms with E-state index in [1.165, 1.54) is 23.5 Å². The predicted octanol–water partition coefficient (Wildman–Crippen LogP) is 5.15. The minimum atomic E-state index is -5.02. The van der Waals surface area contributed by atoms with Gasteiger partial charge in [0.15, 0.2) is 5.69 Å². The van der Waals surface area contributed by atoms with Crippen molar-refractivity contribution in [2.24, 2.45) is 0 Å². The Bertz CT molecular complexity index is 958. The maximum Gasteiger partial charge on any atom is 0.435 e. The fourth-order valence-electron chi connectivity index (χ4n) is 2.39. The average molecular weight is 419 g/mol. The number of alkyl halides is 6. The van der Waals surface area contributed by atoms with Gasteiger partial charge < -0.3 is 5.32 Å². The van der Waals surface area contributed by atoms with Crippen LogP contribution >= 0.6 is 11.3 Å². The molecule has 2 aromatic heterocycles. The maximum absolute atomic E-state index is 13.1. The highest BCUT2D eigenvalue weighted by atomic mass is 32.1. The minimum Gasteiger partial charge on any atom is -0.326 e. The summed E-state index contributed by atoms with van der Waals surface area (Å²) in [6, 6.07) is 6.59. The van der Waals surface area contributed by atoms with Crippen LogP contribution in [0.5, 0.6) is 0 Å². The summed E-state index contributed by atoms with van der Waals surface area (Å²) in [6.07, 6.45) is -9.91. The van der Waals surface area contributed by atoms with E-state index in [1.54, 1.807) is 11.4 Å². The molecule has 1 aromatic carbocycles. The van der Waals surface area contributed by atoms with Crippen LogP contribution in [0.15, 0.2) is 47.2 Å². The van der Waals surface area contributed by atoms with Gasteiger partial charge in [0.1, 0.15) is 5.69 Å². The van der Waals surface area contributed by atoms with Gasteiger partial charge in [0.25, 0.3) is 0 Å². The third kappa shape index (κ3) is 4.53. The summed E-state index contributed by atoms with van der Waals surface area (Å²) in [7, 11) is 0. The van der Waals surface area contributed by atoms with E-state index in [-0.39, 0.29) is 28.8 Å². The molecule has 0 radical (unpaired) electrons. The van der Waals surface area contributed by atoms with Crippen LogP contribution in [0.4, 0.5) is 32.0 Å². The molecule has 0 aliphatic rings. The van der Waals surface area contributed by atoms with Crippen LogP contribution in [0.3, 0.4) is 0 Å². The molecule has 0 saturated carbocycles. The van der Waals surface area contributed by atoms with E-state index in [9.17, 15) is 31.1 Å². The molecule has 0 spiro atoms. The van der Waals surface area contributed by atoms with Gasteiger partial charge in [-0.05, 0) is 46.7 Å². The number of carbonyl (C=O) groups excluding carboxylic acids is 1. The van der Waals surface area contributed by atoms with E-state index in [1.807, 2.05) is 5.38 Å². The lowest BCUT2D eigenvalue weighted by molar-refractivity contribution is -0.143. The Balaban J connectivity index is 1.83. The van der Waals surface area contributed by atoms with Crippen molar-refractivity contribution in [2.75, 3.05) is 5.32 Å². The summed E-state index contributed by atoms with van der Waals surface area (Å²) in [5, 5.41) is 9.23. The number of hydrogen-bond donors (Lipinski definition) is 1. The lowest BCUT2D eigenvalue weighted by Crippen LogP contribution is -2.15. The van der Waals surface area contributed by atoms with E-state index in [2.05, 4.69) is 10.4 Å². The van der Waals surface area contributed by atoms with Crippen molar-refractivity contribution in [3.63, 3.8) is 0 Å². The smallest absolute Gasteiger partial charge is 0.326 e. The average Bonchev–Trinajstić information content (AvgIpc) is 3.23. The van der Waals surface area contributed by atoms with E-state index >= 15 is 0 Å². The van der Waals surface area contributed by atoms with Gasteiger partial charge in [-0.3, -0.25) is 4.79 Å². The van der Waals surface area contributed by atoms with Gasteiger partial charge in [0, 0.05) is 11.8 Å². The van der Waals surface area contributed by atoms with E-state index < -0.39 is 23.7 Å². The van der Waals surface area contributed by atoms with Crippen molar-refractivity contribution >= 4 is 22.9 Å². The number of nitrogens with zero attached hydrogens (tertiary/aromatic N) is 2. The normalized spacial score (nSPS) is 12.2. The highest BCUT2D eigenvalue weighted by molar-refractivity contribution is 7.08. The molecular weight excluding hydrogens is 408 g/mol. The first-order valence-corrected chi connectivity index (χ1v) is 8.64. The summed E-state index contributed by atoms with van der Waals surface area (Å²) in [5.41, 5.74) is -2.31. The first-order valence-electron chi connectivity index (χ1n) is 7.70. The summed E-state index contributed by atoms with van der Waals surface area (Å²) < 4.78 is 77.7. The summed E-state index contributed by atoms with van der Waals surface area (Å²) in [5.74, 6) is -0.333. The molecule has 1 N–H and O–H groups in total. The molecule has 0 unspecified atom stereocenters. The SMILES string of the molecule is O=C(Cc1ccsc1)Nc1ccc(-n2nc(C(F)(F)F)cc2C(F)(F)F)cc1. The summed E-state index contributed by atoms with van der Waals surface area (Å²) in [4.78, 5) is 11.9. The van der Waals surface area contributed by atoms with Gasteiger partial charge >= 0.3 is 12.4 Å². The lowest BCUT2D eigenvalue weighted by Gasteiger charge is -2.11. The Morgan fingerprint density at radius 1 is 1.04 bits per heavy atom. The predicted molar refractivity (Wildman–Crippen MR) is 90.2 cm³/mol. The minimum absolute atomic E-state index is 0.0451. The number of hydrogen-bond acceptors (Lipinski definition) is 3. The number of carbonyl (C=O) groups is 1. The second kappa shape index (κ2) is 7.30. The molecular formula is C17H11F6N3OS. The summed E-state index contributed by atoms with van der Waals surface area (Å²) >= 11 is 1.43. The highest BCUT2D eigenvalue weighted by Crippen LogP contribution is 2.36. The number of aromatic nitrogens is 2. The maximum atomic E-state index is 13.1. The van der Waals surface area contributed by atoms with Crippen molar-refractivity contribution in [3.05, 3.63) is 64.1 Å². The third-order valence-corrected chi connectivity index (χ3v) is 4.36. The molecule has 28 heavy (non-hydrogen) atoms. The van der Waals surface area contributed by atoms with Crippen LogP contribution in [0, 0.1) is 0 Å². The molecule has 0 fully saturated rings. The molecule has 3 rings (SSSR count). The first-order chi connectivity index (χ1) is 13.0. The fraction of sp³-hybridized carbons (Fsp3) is 0.176. The monoisotopic (exact) mass is 419 g/mol. The third-order valence-electron chi connectivity index (χ3n) is 3.63. The van der Waals surface area contributed by atoms with Crippen molar-refractivity contribution < 1.29 is 31.1 Å². The fourth-order valence-corrected chi connectivity index (χ4v) is 3.06. The molecule has 3 aromatic rings. The largest absolute Gasteiger partial charge is 0.435 e. The van der Waals surface area contributed by atoms with Crippen molar-refractivity contribution in [1.29, 1.82) is 0 Å². The van der Waals surface area contributed by atoms with Gasteiger partial charge in [-0.15, -0.1) is 0 Å². The van der Waals surface area contributed by atoms with Gasteiger partial charge in [-0.2, -0.15) is 42.8 Å². The van der Waals surface area contributed by atoms with Crippen LogP contribution < -0.4 is 5.32 Å². The zero-order valence-corrected chi connectivity index (χ0v) is 14.6. The van der Waals surface area contributed by atoms with Crippen LogP contribution in [0.25, 0.3) is 5.69 Å². The van der Waals surface area contributed by atoms with Crippen LogP contribution in [-0.4, -0.2) is 15.7 Å². The first kappa shape index (κ1) is 19.9. The van der Waals surface area contributed by atoms with E-state index in [4.69, 9.17) is 0 Å². The quantitative estimate of drug-likeness (QED) is 0.595. The standard InChI is InChI=1S/C17H11F6N3OS/c18-16(19,20)13-8-14(17(21,22)23)26(25-13)12-3-1-11(2-4-12)24-15(27)7-10-5-6-28-9-10/h1-6,8-9H,7H2,(H,24,27). The van der Waals surface area contributed by atoms with E-state index in [0.717, 1.165) is 17.7 Å². The zero-order chi connectivity index (χ0) is 20.5. The van der Waals surface area contributed by atoms with Crippen LogP contribution in [-0.2, 0) is 23.6 Å².